The molecule has 6 nitrogen and oxygen atoms in total. The molecule has 3 heterocycles. The number of rotatable bonds is 4. The first-order valence-corrected chi connectivity index (χ1v) is 8.51. The SMILES string of the molecule is N#Cc1c(COC(=O)c2cc(-c3ccccc3Cl)n[nH]2)cn2ccccc12. The summed E-state index contributed by atoms with van der Waals surface area (Å²) in [6, 6.07) is 16.6. The molecule has 0 saturated carbocycles. The van der Waals surface area contributed by atoms with Crippen LogP contribution >= 0.6 is 11.6 Å². The van der Waals surface area contributed by atoms with Crippen molar-refractivity contribution in [3.8, 4) is 17.3 Å². The van der Waals surface area contributed by atoms with Gasteiger partial charge < -0.3 is 9.14 Å². The van der Waals surface area contributed by atoms with Crippen LogP contribution in [0.15, 0.2) is 60.9 Å². The lowest BCUT2D eigenvalue weighted by Crippen LogP contribution is -2.06. The molecular formula is C20H13ClN4O2. The number of nitriles is 1. The molecule has 3 aromatic heterocycles. The Balaban J connectivity index is 1.53. The Kier molecular flexibility index (Phi) is 4.37. The highest BCUT2D eigenvalue weighted by Gasteiger charge is 2.16. The van der Waals surface area contributed by atoms with Crippen LogP contribution in [0.3, 0.4) is 0 Å². The third kappa shape index (κ3) is 3.16. The highest BCUT2D eigenvalue weighted by atomic mass is 35.5. The van der Waals surface area contributed by atoms with Crippen LogP contribution in [0.4, 0.5) is 0 Å². The first-order valence-electron chi connectivity index (χ1n) is 8.13. The molecule has 0 radical (unpaired) electrons. The maximum absolute atomic E-state index is 12.3. The molecule has 132 valence electrons. The molecule has 1 N–H and O–H groups in total. The fourth-order valence-electron chi connectivity index (χ4n) is 2.87. The molecule has 0 aliphatic heterocycles. The normalized spacial score (nSPS) is 10.7. The van der Waals surface area contributed by atoms with Crippen molar-refractivity contribution in [3.63, 3.8) is 0 Å². The van der Waals surface area contributed by atoms with Gasteiger partial charge in [-0.2, -0.15) is 10.4 Å². The Morgan fingerprint density at radius 2 is 2.07 bits per heavy atom. The second-order valence-corrected chi connectivity index (χ2v) is 6.26. The fraction of sp³-hybridized carbons (Fsp3) is 0.0500. The fourth-order valence-corrected chi connectivity index (χ4v) is 3.10. The summed E-state index contributed by atoms with van der Waals surface area (Å²) in [6.45, 7) is -0.0101. The van der Waals surface area contributed by atoms with Crippen LogP contribution in [-0.4, -0.2) is 20.6 Å². The second-order valence-electron chi connectivity index (χ2n) is 5.86. The molecular weight excluding hydrogens is 364 g/mol. The van der Waals surface area contributed by atoms with Gasteiger partial charge in [-0.1, -0.05) is 35.9 Å². The molecule has 7 heteroatoms. The highest BCUT2D eigenvalue weighted by molar-refractivity contribution is 6.33. The first kappa shape index (κ1) is 16.9. The maximum Gasteiger partial charge on any atom is 0.356 e. The van der Waals surface area contributed by atoms with Crippen molar-refractivity contribution in [2.45, 2.75) is 6.61 Å². The van der Waals surface area contributed by atoms with Gasteiger partial charge >= 0.3 is 5.97 Å². The molecule has 0 aliphatic carbocycles. The molecule has 27 heavy (non-hydrogen) atoms. The van der Waals surface area contributed by atoms with Gasteiger partial charge in [0.15, 0.2) is 0 Å². The van der Waals surface area contributed by atoms with Crippen LogP contribution in [0.5, 0.6) is 0 Å². The molecule has 0 aliphatic rings. The number of aromatic nitrogens is 3. The van der Waals surface area contributed by atoms with E-state index in [9.17, 15) is 10.1 Å². The van der Waals surface area contributed by atoms with Gasteiger partial charge in [-0.3, -0.25) is 5.10 Å². The minimum atomic E-state index is -0.556. The predicted molar refractivity (Wildman–Crippen MR) is 100 cm³/mol. The minimum absolute atomic E-state index is 0.0101. The Labute approximate surface area is 159 Å². The Morgan fingerprint density at radius 3 is 2.89 bits per heavy atom. The van der Waals surface area contributed by atoms with Crippen molar-refractivity contribution in [3.05, 3.63) is 82.8 Å². The van der Waals surface area contributed by atoms with Gasteiger partial charge in [0.05, 0.1) is 21.8 Å². The molecule has 0 amide bonds. The number of nitrogens with one attached hydrogen (secondary N) is 1. The van der Waals surface area contributed by atoms with E-state index in [1.807, 2.05) is 47.0 Å². The summed E-state index contributed by atoms with van der Waals surface area (Å²) in [6.07, 6.45) is 3.62. The zero-order valence-electron chi connectivity index (χ0n) is 14.0. The Bertz CT molecular complexity index is 1190. The molecule has 0 unspecified atom stereocenters. The van der Waals surface area contributed by atoms with Crippen LogP contribution in [0.2, 0.25) is 5.02 Å². The standard InChI is InChI=1S/C20H13ClN4O2/c21-16-6-2-1-5-14(16)17-9-18(24-23-17)20(26)27-12-13-11-25-8-4-3-7-19(25)15(13)10-22/h1-9,11H,12H2,(H,23,24). The van der Waals surface area contributed by atoms with E-state index in [1.54, 1.807) is 18.3 Å². The van der Waals surface area contributed by atoms with Crippen LogP contribution in [0.1, 0.15) is 21.6 Å². The molecule has 4 rings (SSSR count). The molecule has 0 spiro atoms. The van der Waals surface area contributed by atoms with E-state index in [1.165, 1.54) is 0 Å². The molecule has 0 saturated heterocycles. The van der Waals surface area contributed by atoms with Crippen LogP contribution in [0.25, 0.3) is 16.8 Å². The number of pyridine rings is 1. The van der Waals surface area contributed by atoms with Crippen LogP contribution in [0, 0.1) is 11.3 Å². The maximum atomic E-state index is 12.3. The van der Waals surface area contributed by atoms with E-state index in [4.69, 9.17) is 16.3 Å². The molecule has 1 aromatic carbocycles. The van der Waals surface area contributed by atoms with Gasteiger partial charge in [-0.25, -0.2) is 4.79 Å². The zero-order valence-corrected chi connectivity index (χ0v) is 14.8. The number of fused-ring (bicyclic) bond motifs is 1. The summed E-state index contributed by atoms with van der Waals surface area (Å²) >= 11 is 6.16. The summed E-state index contributed by atoms with van der Waals surface area (Å²) in [5, 5.41) is 16.7. The van der Waals surface area contributed by atoms with Gasteiger partial charge in [-0.15, -0.1) is 0 Å². The number of esters is 1. The number of benzene rings is 1. The van der Waals surface area contributed by atoms with E-state index < -0.39 is 5.97 Å². The van der Waals surface area contributed by atoms with Gasteiger partial charge in [0.1, 0.15) is 18.4 Å². The van der Waals surface area contributed by atoms with Gasteiger partial charge in [0.2, 0.25) is 0 Å². The number of nitrogens with zero attached hydrogens (tertiary/aromatic N) is 3. The van der Waals surface area contributed by atoms with Gasteiger partial charge in [-0.05, 0) is 24.3 Å². The summed E-state index contributed by atoms with van der Waals surface area (Å²) in [4.78, 5) is 12.3. The van der Waals surface area contributed by atoms with E-state index in [0.717, 1.165) is 11.1 Å². The topological polar surface area (TPSA) is 83.2 Å². The van der Waals surface area contributed by atoms with Crippen molar-refractivity contribution in [2.24, 2.45) is 0 Å². The molecule has 0 fully saturated rings. The number of aromatic amines is 1. The smallest absolute Gasteiger partial charge is 0.356 e. The number of ether oxygens (including phenoxy) is 1. The van der Waals surface area contributed by atoms with Crippen LogP contribution in [-0.2, 0) is 11.3 Å². The van der Waals surface area contributed by atoms with Crippen molar-refractivity contribution < 1.29 is 9.53 Å². The largest absolute Gasteiger partial charge is 0.456 e. The zero-order chi connectivity index (χ0) is 18.8. The summed E-state index contributed by atoms with van der Waals surface area (Å²) in [5.41, 5.74) is 3.40. The van der Waals surface area contributed by atoms with Crippen molar-refractivity contribution in [1.29, 1.82) is 5.26 Å². The summed E-state index contributed by atoms with van der Waals surface area (Å²) in [5.74, 6) is -0.556. The lowest BCUT2D eigenvalue weighted by molar-refractivity contribution is 0.0465. The Morgan fingerprint density at radius 1 is 1.26 bits per heavy atom. The number of carbonyl (C=O) groups is 1. The molecule has 0 bridgehead atoms. The number of hydrogen-bond donors (Lipinski definition) is 1. The second kappa shape index (κ2) is 6.98. The lowest BCUT2D eigenvalue weighted by Gasteiger charge is -2.01. The average molecular weight is 377 g/mol. The summed E-state index contributed by atoms with van der Waals surface area (Å²) in [7, 11) is 0. The Hall–Kier alpha value is -3.56. The van der Waals surface area contributed by atoms with E-state index >= 15 is 0 Å². The van der Waals surface area contributed by atoms with Crippen molar-refractivity contribution in [2.75, 3.05) is 0 Å². The number of hydrogen-bond acceptors (Lipinski definition) is 4. The molecule has 0 atom stereocenters. The number of halogens is 1. The number of carbonyl (C=O) groups excluding carboxylic acids is 1. The third-order valence-electron chi connectivity index (χ3n) is 4.18. The number of H-pyrrole nitrogens is 1. The quantitative estimate of drug-likeness (QED) is 0.541. The van der Waals surface area contributed by atoms with E-state index in [0.29, 0.717) is 21.8 Å². The van der Waals surface area contributed by atoms with Crippen LogP contribution < -0.4 is 0 Å². The van der Waals surface area contributed by atoms with E-state index in [-0.39, 0.29) is 12.3 Å². The third-order valence-corrected chi connectivity index (χ3v) is 4.51. The first-order chi connectivity index (χ1) is 13.2. The monoisotopic (exact) mass is 376 g/mol. The average Bonchev–Trinajstić information content (AvgIpc) is 3.31. The summed E-state index contributed by atoms with van der Waals surface area (Å²) < 4.78 is 7.18. The van der Waals surface area contributed by atoms with Crippen molar-refractivity contribution >= 4 is 23.1 Å². The predicted octanol–water partition coefficient (Wildman–Crippen LogP) is 4.21. The van der Waals surface area contributed by atoms with Crippen molar-refractivity contribution in [1.82, 2.24) is 14.6 Å². The lowest BCUT2D eigenvalue weighted by atomic mass is 10.1. The van der Waals surface area contributed by atoms with E-state index in [2.05, 4.69) is 16.3 Å². The highest BCUT2D eigenvalue weighted by Crippen LogP contribution is 2.26. The van der Waals surface area contributed by atoms with Gasteiger partial charge in [0.25, 0.3) is 0 Å². The minimum Gasteiger partial charge on any atom is -0.456 e. The van der Waals surface area contributed by atoms with Gasteiger partial charge in [0, 0.05) is 23.5 Å². The molecule has 4 aromatic rings.